The van der Waals surface area contributed by atoms with E-state index >= 15 is 0 Å². The summed E-state index contributed by atoms with van der Waals surface area (Å²) in [4.78, 5) is 15.8. The van der Waals surface area contributed by atoms with Gasteiger partial charge in [-0.15, -0.1) is 0 Å². The lowest BCUT2D eigenvalue weighted by atomic mass is 10.0. The third-order valence-corrected chi connectivity index (χ3v) is 7.03. The second kappa shape index (κ2) is 7.11. The van der Waals surface area contributed by atoms with Gasteiger partial charge in [0.1, 0.15) is 4.90 Å². The third-order valence-electron chi connectivity index (χ3n) is 5.39. The molecule has 7 heteroatoms. The minimum atomic E-state index is -3.90. The van der Waals surface area contributed by atoms with Gasteiger partial charge in [0, 0.05) is 42.2 Å². The second-order valence-corrected chi connectivity index (χ2v) is 9.18. The van der Waals surface area contributed by atoms with Crippen molar-refractivity contribution in [2.75, 3.05) is 0 Å². The predicted octanol–water partition coefficient (Wildman–Crippen LogP) is 4.27. The Balaban J connectivity index is 1.71. The average Bonchev–Trinajstić information content (AvgIpc) is 3.31. The number of pyridine rings is 1. The smallest absolute Gasteiger partial charge is 0.269 e. The van der Waals surface area contributed by atoms with Crippen LogP contribution in [0.15, 0.2) is 84.4 Å². The molecule has 1 saturated carbocycles. The third kappa shape index (κ3) is 3.07. The highest BCUT2D eigenvalue weighted by Gasteiger charge is 2.34. The quantitative estimate of drug-likeness (QED) is 0.439. The van der Waals surface area contributed by atoms with Crippen LogP contribution in [0.4, 0.5) is 0 Å². The van der Waals surface area contributed by atoms with Gasteiger partial charge in [0.25, 0.3) is 10.0 Å². The molecule has 5 rings (SSSR count). The van der Waals surface area contributed by atoms with Gasteiger partial charge in [0.05, 0.1) is 5.69 Å². The van der Waals surface area contributed by atoms with Gasteiger partial charge in [0.15, 0.2) is 6.29 Å². The topological polar surface area (TPSA) is 74.0 Å². The van der Waals surface area contributed by atoms with Crippen LogP contribution in [-0.4, -0.2) is 28.2 Å². The number of hydrogen-bond acceptors (Lipinski definition) is 4. The van der Waals surface area contributed by atoms with Crippen LogP contribution in [0, 0.1) is 0 Å². The average molecular weight is 417 g/mol. The molecule has 6 nitrogen and oxygen atoms in total. The van der Waals surface area contributed by atoms with Crippen LogP contribution in [0.2, 0.25) is 0 Å². The van der Waals surface area contributed by atoms with E-state index in [2.05, 4.69) is 4.98 Å². The summed E-state index contributed by atoms with van der Waals surface area (Å²) in [6.45, 7) is 0. The molecule has 0 N–H and O–H groups in total. The number of carbonyl (C=O) groups excluding carboxylic acids is 1. The van der Waals surface area contributed by atoms with E-state index in [0.717, 1.165) is 35.9 Å². The zero-order valence-electron chi connectivity index (χ0n) is 16.0. The normalized spacial score (nSPS) is 14.0. The van der Waals surface area contributed by atoms with E-state index < -0.39 is 10.0 Å². The molecule has 0 bridgehead atoms. The first-order valence-corrected chi connectivity index (χ1v) is 11.1. The molecule has 0 amide bonds. The minimum Gasteiger partial charge on any atom is -0.324 e. The second-order valence-electron chi connectivity index (χ2n) is 7.37. The highest BCUT2D eigenvalue weighted by Crippen LogP contribution is 2.47. The summed E-state index contributed by atoms with van der Waals surface area (Å²) in [6, 6.07) is 14.7. The van der Waals surface area contributed by atoms with Crippen molar-refractivity contribution in [2.45, 2.75) is 23.7 Å². The van der Waals surface area contributed by atoms with E-state index in [1.54, 1.807) is 6.07 Å². The Morgan fingerprint density at radius 1 is 1.00 bits per heavy atom. The van der Waals surface area contributed by atoms with Gasteiger partial charge < -0.3 is 4.57 Å². The van der Waals surface area contributed by atoms with Gasteiger partial charge in [-0.2, -0.15) is 0 Å². The molecule has 3 heterocycles. The molecule has 0 radical (unpaired) electrons. The van der Waals surface area contributed by atoms with Gasteiger partial charge in [-0.1, -0.05) is 12.1 Å². The van der Waals surface area contributed by atoms with Crippen molar-refractivity contribution in [1.82, 2.24) is 13.5 Å². The van der Waals surface area contributed by atoms with E-state index in [0.29, 0.717) is 11.3 Å². The van der Waals surface area contributed by atoms with E-state index in [9.17, 15) is 13.2 Å². The van der Waals surface area contributed by atoms with Gasteiger partial charge in [0.2, 0.25) is 0 Å². The van der Waals surface area contributed by atoms with E-state index in [-0.39, 0.29) is 10.8 Å². The van der Waals surface area contributed by atoms with Crippen molar-refractivity contribution in [1.29, 1.82) is 0 Å². The Bertz CT molecular complexity index is 1300. The van der Waals surface area contributed by atoms with E-state index in [4.69, 9.17) is 0 Å². The molecule has 0 atom stereocenters. The van der Waals surface area contributed by atoms with Crippen molar-refractivity contribution < 1.29 is 13.2 Å². The number of carbonyl (C=O) groups is 1. The SMILES string of the molecule is O=Cc1cn(S(=O)(=O)c2cccnc2)c(-c2ccc(-n3cccc3)cc2)c1C1CC1. The summed E-state index contributed by atoms with van der Waals surface area (Å²) >= 11 is 0. The Morgan fingerprint density at radius 2 is 1.73 bits per heavy atom. The lowest BCUT2D eigenvalue weighted by molar-refractivity contribution is 0.112. The predicted molar refractivity (Wildman–Crippen MR) is 113 cm³/mol. The lowest BCUT2D eigenvalue weighted by Crippen LogP contribution is -2.14. The molecule has 150 valence electrons. The van der Waals surface area contributed by atoms with Crippen molar-refractivity contribution in [3.05, 3.63) is 90.6 Å². The van der Waals surface area contributed by atoms with Gasteiger partial charge in [-0.25, -0.2) is 12.4 Å². The number of aldehydes is 1. The van der Waals surface area contributed by atoms with Crippen molar-refractivity contribution in [3.63, 3.8) is 0 Å². The first-order valence-electron chi connectivity index (χ1n) is 9.69. The number of benzene rings is 1. The Hall–Kier alpha value is -3.45. The van der Waals surface area contributed by atoms with Gasteiger partial charge in [-0.3, -0.25) is 9.78 Å². The molecular formula is C23H19N3O3S. The molecule has 0 saturated heterocycles. The molecule has 1 aromatic carbocycles. The van der Waals surface area contributed by atoms with Crippen LogP contribution >= 0.6 is 0 Å². The molecule has 4 aromatic rings. The van der Waals surface area contributed by atoms with Crippen LogP contribution < -0.4 is 0 Å². The van der Waals surface area contributed by atoms with Gasteiger partial charge in [-0.05, 0) is 66.3 Å². The number of hydrogen-bond donors (Lipinski definition) is 0. The summed E-state index contributed by atoms with van der Waals surface area (Å²) in [5, 5.41) is 0. The largest absolute Gasteiger partial charge is 0.324 e. The summed E-state index contributed by atoms with van der Waals surface area (Å²) < 4.78 is 30.0. The highest BCUT2D eigenvalue weighted by molar-refractivity contribution is 7.90. The standard InChI is InChI=1S/C23H19N3O3S/c27-16-19-15-26(30(28,29)21-4-3-11-24-14-21)23(22(19)17-5-6-17)18-7-9-20(10-8-18)25-12-1-2-13-25/h1-4,7-17H,5-6H2. The summed E-state index contributed by atoms with van der Waals surface area (Å²) in [5.41, 5.74) is 3.53. The first-order chi connectivity index (χ1) is 14.6. The number of nitrogens with zero attached hydrogens (tertiary/aromatic N) is 3. The Kier molecular flexibility index (Phi) is 4.40. The Labute approximate surface area is 174 Å². The maximum absolute atomic E-state index is 13.4. The molecule has 1 aliphatic carbocycles. The first kappa shape index (κ1) is 18.6. The van der Waals surface area contributed by atoms with Gasteiger partial charge >= 0.3 is 0 Å². The fourth-order valence-electron chi connectivity index (χ4n) is 3.79. The number of rotatable bonds is 6. The fraction of sp³-hybridized carbons (Fsp3) is 0.130. The van der Waals surface area contributed by atoms with Crippen LogP contribution in [0.1, 0.15) is 34.7 Å². The number of aromatic nitrogens is 3. The molecule has 0 spiro atoms. The highest BCUT2D eigenvalue weighted by atomic mass is 32.2. The maximum Gasteiger partial charge on any atom is 0.269 e. The summed E-state index contributed by atoms with van der Waals surface area (Å²) in [6.07, 6.45) is 10.8. The molecule has 1 aliphatic rings. The monoisotopic (exact) mass is 417 g/mol. The molecule has 3 aromatic heterocycles. The van der Waals surface area contributed by atoms with Crippen molar-refractivity contribution in [2.24, 2.45) is 0 Å². The van der Waals surface area contributed by atoms with Crippen LogP contribution in [0.25, 0.3) is 16.9 Å². The van der Waals surface area contributed by atoms with E-state index in [1.807, 2.05) is 53.4 Å². The molecule has 0 unspecified atom stereocenters. The van der Waals surface area contributed by atoms with Crippen molar-refractivity contribution >= 4 is 16.3 Å². The van der Waals surface area contributed by atoms with Crippen LogP contribution in [-0.2, 0) is 10.0 Å². The van der Waals surface area contributed by atoms with Crippen LogP contribution in [0.3, 0.4) is 0 Å². The zero-order valence-corrected chi connectivity index (χ0v) is 16.9. The van der Waals surface area contributed by atoms with Crippen LogP contribution in [0.5, 0.6) is 0 Å². The Morgan fingerprint density at radius 3 is 2.33 bits per heavy atom. The minimum absolute atomic E-state index is 0.0880. The fourth-order valence-corrected chi connectivity index (χ4v) is 5.16. The summed E-state index contributed by atoms with van der Waals surface area (Å²) in [5.74, 6) is 0.203. The molecule has 30 heavy (non-hydrogen) atoms. The van der Waals surface area contributed by atoms with Crippen molar-refractivity contribution in [3.8, 4) is 16.9 Å². The van der Waals surface area contributed by atoms with E-state index in [1.165, 1.54) is 28.6 Å². The summed E-state index contributed by atoms with van der Waals surface area (Å²) in [7, 11) is -3.90. The zero-order chi connectivity index (χ0) is 20.7. The maximum atomic E-state index is 13.4. The molecule has 0 aliphatic heterocycles. The lowest BCUT2D eigenvalue weighted by Gasteiger charge is -2.13. The molecule has 1 fully saturated rings. The molecular weight excluding hydrogens is 398 g/mol.